The predicted octanol–water partition coefficient (Wildman–Crippen LogP) is 3.44. The quantitative estimate of drug-likeness (QED) is 0.793. The number of likely N-dealkylation sites (tertiary alicyclic amines) is 1. The first-order valence-electron chi connectivity index (χ1n) is 6.83. The van der Waals surface area contributed by atoms with E-state index in [1.807, 2.05) is 0 Å². The number of nitrogens with zero attached hydrogens (tertiary/aromatic N) is 2. The van der Waals surface area contributed by atoms with E-state index in [4.69, 9.17) is 4.98 Å². The van der Waals surface area contributed by atoms with E-state index in [-0.39, 0.29) is 0 Å². The Balaban J connectivity index is 1.96. The van der Waals surface area contributed by atoms with Crippen LogP contribution in [0, 0.1) is 5.92 Å². The number of hydrogen-bond acceptors (Lipinski definition) is 2. The summed E-state index contributed by atoms with van der Waals surface area (Å²) in [6.07, 6.45) is 2.67. The van der Waals surface area contributed by atoms with Crippen LogP contribution in [0.4, 0.5) is 0 Å². The number of piperidine rings is 1. The molecular weight excluding hydrogens is 208 g/mol. The van der Waals surface area contributed by atoms with Crippen molar-refractivity contribution in [1.29, 1.82) is 0 Å². The van der Waals surface area contributed by atoms with Gasteiger partial charge in [0.2, 0.25) is 0 Å². The highest BCUT2D eigenvalue weighted by Gasteiger charge is 2.16. The van der Waals surface area contributed by atoms with Gasteiger partial charge in [0, 0.05) is 12.2 Å². The summed E-state index contributed by atoms with van der Waals surface area (Å²) in [6, 6.07) is 6.43. The van der Waals surface area contributed by atoms with Gasteiger partial charge in [-0.2, -0.15) is 0 Å². The van der Waals surface area contributed by atoms with Gasteiger partial charge in [0.15, 0.2) is 0 Å². The van der Waals surface area contributed by atoms with E-state index in [1.165, 1.54) is 37.3 Å². The van der Waals surface area contributed by atoms with Crippen molar-refractivity contribution in [3.63, 3.8) is 0 Å². The molecule has 94 valence electrons. The third kappa shape index (κ3) is 3.53. The van der Waals surface area contributed by atoms with Crippen LogP contribution in [0.5, 0.6) is 0 Å². The summed E-state index contributed by atoms with van der Waals surface area (Å²) in [4.78, 5) is 7.28. The molecule has 0 aromatic carbocycles. The molecule has 0 bridgehead atoms. The van der Waals surface area contributed by atoms with Gasteiger partial charge >= 0.3 is 0 Å². The molecule has 0 saturated carbocycles. The summed E-state index contributed by atoms with van der Waals surface area (Å²) in [5.74, 6) is 1.43. The Labute approximate surface area is 105 Å². The zero-order valence-corrected chi connectivity index (χ0v) is 11.3. The molecule has 2 heterocycles. The van der Waals surface area contributed by atoms with Gasteiger partial charge in [0.05, 0.1) is 5.69 Å². The third-order valence-corrected chi connectivity index (χ3v) is 3.68. The second-order valence-electron chi connectivity index (χ2n) is 5.67. The number of pyridine rings is 1. The van der Waals surface area contributed by atoms with Crippen molar-refractivity contribution in [2.45, 2.75) is 46.1 Å². The minimum Gasteiger partial charge on any atom is -0.297 e. The van der Waals surface area contributed by atoms with E-state index < -0.39 is 0 Å². The van der Waals surface area contributed by atoms with Gasteiger partial charge in [-0.1, -0.05) is 26.8 Å². The average molecular weight is 232 g/mol. The molecule has 2 nitrogen and oxygen atoms in total. The molecule has 1 aliphatic heterocycles. The van der Waals surface area contributed by atoms with Gasteiger partial charge in [0.1, 0.15) is 0 Å². The van der Waals surface area contributed by atoms with E-state index >= 15 is 0 Å². The normalized spacial score (nSPS) is 18.8. The molecule has 0 aliphatic carbocycles. The molecule has 2 rings (SSSR count). The van der Waals surface area contributed by atoms with Crippen LogP contribution < -0.4 is 0 Å². The smallest absolute Gasteiger partial charge is 0.0547 e. The van der Waals surface area contributed by atoms with E-state index in [9.17, 15) is 0 Å². The van der Waals surface area contributed by atoms with E-state index in [0.717, 1.165) is 12.5 Å². The Morgan fingerprint density at radius 2 is 2.00 bits per heavy atom. The first kappa shape index (κ1) is 12.6. The zero-order chi connectivity index (χ0) is 12.3. The van der Waals surface area contributed by atoms with Crippen LogP contribution in [0.15, 0.2) is 18.2 Å². The minimum atomic E-state index is 0.524. The fourth-order valence-electron chi connectivity index (χ4n) is 2.36. The van der Waals surface area contributed by atoms with Gasteiger partial charge in [-0.15, -0.1) is 0 Å². The largest absolute Gasteiger partial charge is 0.297 e. The maximum absolute atomic E-state index is 4.74. The highest BCUT2D eigenvalue weighted by Crippen LogP contribution is 2.18. The molecule has 1 aromatic rings. The van der Waals surface area contributed by atoms with Crippen molar-refractivity contribution in [2.75, 3.05) is 13.1 Å². The molecular formula is C15H24N2. The molecule has 1 aromatic heterocycles. The fourth-order valence-corrected chi connectivity index (χ4v) is 2.36. The lowest BCUT2D eigenvalue weighted by molar-refractivity contribution is 0.183. The molecule has 0 spiro atoms. The van der Waals surface area contributed by atoms with E-state index in [0.29, 0.717) is 5.92 Å². The summed E-state index contributed by atoms with van der Waals surface area (Å²) in [7, 11) is 0. The van der Waals surface area contributed by atoms with Crippen molar-refractivity contribution in [2.24, 2.45) is 5.92 Å². The summed E-state index contributed by atoms with van der Waals surface area (Å²) in [5, 5.41) is 0. The van der Waals surface area contributed by atoms with Crippen LogP contribution in [-0.2, 0) is 6.54 Å². The van der Waals surface area contributed by atoms with Crippen molar-refractivity contribution in [3.8, 4) is 0 Å². The first-order chi connectivity index (χ1) is 8.15. The number of hydrogen-bond donors (Lipinski definition) is 0. The van der Waals surface area contributed by atoms with Crippen molar-refractivity contribution >= 4 is 0 Å². The Morgan fingerprint density at radius 1 is 1.29 bits per heavy atom. The molecule has 1 aliphatic rings. The van der Waals surface area contributed by atoms with Gasteiger partial charge in [-0.05, 0) is 49.9 Å². The molecule has 1 saturated heterocycles. The van der Waals surface area contributed by atoms with Gasteiger partial charge < -0.3 is 0 Å². The van der Waals surface area contributed by atoms with Gasteiger partial charge in [-0.3, -0.25) is 9.88 Å². The maximum atomic E-state index is 4.74. The lowest BCUT2D eigenvalue weighted by Crippen LogP contribution is -2.32. The van der Waals surface area contributed by atoms with E-state index in [2.05, 4.69) is 43.9 Å². The lowest BCUT2D eigenvalue weighted by Gasteiger charge is -2.29. The van der Waals surface area contributed by atoms with Gasteiger partial charge in [0.25, 0.3) is 0 Å². The zero-order valence-electron chi connectivity index (χ0n) is 11.3. The molecule has 0 atom stereocenters. The second-order valence-corrected chi connectivity index (χ2v) is 5.67. The van der Waals surface area contributed by atoms with Crippen molar-refractivity contribution < 1.29 is 0 Å². The van der Waals surface area contributed by atoms with Crippen molar-refractivity contribution in [1.82, 2.24) is 9.88 Å². The molecule has 2 heteroatoms. The van der Waals surface area contributed by atoms with Crippen LogP contribution in [-0.4, -0.2) is 23.0 Å². The minimum absolute atomic E-state index is 0.524. The average Bonchev–Trinajstić information content (AvgIpc) is 2.32. The summed E-state index contributed by atoms with van der Waals surface area (Å²) < 4.78 is 0. The predicted molar refractivity (Wildman–Crippen MR) is 72.0 cm³/mol. The topological polar surface area (TPSA) is 16.1 Å². The highest BCUT2D eigenvalue weighted by atomic mass is 15.1. The van der Waals surface area contributed by atoms with Crippen molar-refractivity contribution in [3.05, 3.63) is 29.6 Å². The monoisotopic (exact) mass is 232 g/mol. The highest BCUT2D eigenvalue weighted by molar-refractivity contribution is 5.13. The molecule has 0 radical (unpaired) electrons. The lowest BCUT2D eigenvalue weighted by atomic mass is 9.99. The standard InChI is InChI=1S/C15H24N2/c1-12(2)15-6-4-5-14(16-15)11-17-9-7-13(3)8-10-17/h4-6,12-13H,7-11H2,1-3H3. The maximum Gasteiger partial charge on any atom is 0.0547 e. The van der Waals surface area contributed by atoms with Crippen LogP contribution in [0.3, 0.4) is 0 Å². The SMILES string of the molecule is CC1CCN(Cc2cccc(C(C)C)n2)CC1. The van der Waals surface area contributed by atoms with Crippen LogP contribution in [0.25, 0.3) is 0 Å². The van der Waals surface area contributed by atoms with Crippen LogP contribution in [0.1, 0.15) is 50.9 Å². The van der Waals surface area contributed by atoms with Gasteiger partial charge in [-0.25, -0.2) is 0 Å². The molecule has 17 heavy (non-hydrogen) atoms. The Hall–Kier alpha value is -0.890. The van der Waals surface area contributed by atoms with E-state index in [1.54, 1.807) is 0 Å². The number of rotatable bonds is 3. The molecule has 0 amide bonds. The molecule has 0 unspecified atom stereocenters. The van der Waals surface area contributed by atoms with Crippen LogP contribution >= 0.6 is 0 Å². The first-order valence-corrected chi connectivity index (χ1v) is 6.83. The molecule has 0 N–H and O–H groups in total. The Kier molecular flexibility index (Phi) is 4.16. The summed E-state index contributed by atoms with van der Waals surface area (Å²) >= 11 is 0. The Morgan fingerprint density at radius 3 is 2.65 bits per heavy atom. The summed E-state index contributed by atoms with van der Waals surface area (Å²) in [5.41, 5.74) is 2.44. The fraction of sp³-hybridized carbons (Fsp3) is 0.667. The molecule has 1 fully saturated rings. The Bertz CT molecular complexity index is 352. The second kappa shape index (κ2) is 5.63. The summed E-state index contributed by atoms with van der Waals surface area (Å²) in [6.45, 7) is 10.2. The van der Waals surface area contributed by atoms with Crippen LogP contribution in [0.2, 0.25) is 0 Å². The number of aromatic nitrogens is 1. The third-order valence-electron chi connectivity index (χ3n) is 3.68.